The Kier molecular flexibility index (Phi) is 6.40. The average molecular weight is 355 g/mol. The van der Waals surface area contributed by atoms with Crippen LogP contribution in [0.1, 0.15) is 24.5 Å². The summed E-state index contributed by atoms with van der Waals surface area (Å²) >= 11 is 5.22. The zero-order chi connectivity index (χ0) is 14.2. The van der Waals surface area contributed by atoms with E-state index in [1.807, 2.05) is 12.1 Å². The van der Waals surface area contributed by atoms with E-state index in [1.54, 1.807) is 11.3 Å². The van der Waals surface area contributed by atoms with Gasteiger partial charge in [0.1, 0.15) is 11.5 Å². The molecule has 0 unspecified atom stereocenters. The number of hydrogen-bond acceptors (Lipinski definition) is 3. The second-order valence-electron chi connectivity index (χ2n) is 4.48. The first kappa shape index (κ1) is 15.4. The zero-order valence-corrected chi connectivity index (χ0v) is 14.0. The maximum absolute atomic E-state index is 5.92. The molecule has 0 aliphatic carbocycles. The van der Waals surface area contributed by atoms with Crippen LogP contribution in [0.5, 0.6) is 11.5 Å². The number of alkyl halides is 1. The van der Waals surface area contributed by atoms with Gasteiger partial charge in [-0.15, -0.1) is 0 Å². The van der Waals surface area contributed by atoms with E-state index in [4.69, 9.17) is 9.47 Å². The molecule has 0 spiro atoms. The number of hydrogen-bond donors (Lipinski definition) is 0. The van der Waals surface area contributed by atoms with E-state index in [-0.39, 0.29) is 0 Å². The Morgan fingerprint density at radius 2 is 2.05 bits per heavy atom. The van der Waals surface area contributed by atoms with Crippen molar-refractivity contribution < 1.29 is 9.47 Å². The van der Waals surface area contributed by atoms with Crippen LogP contribution >= 0.6 is 27.3 Å². The third-order valence-corrected chi connectivity index (χ3v) is 4.22. The summed E-state index contributed by atoms with van der Waals surface area (Å²) in [5.74, 6) is 1.78. The topological polar surface area (TPSA) is 18.5 Å². The molecule has 20 heavy (non-hydrogen) atoms. The summed E-state index contributed by atoms with van der Waals surface area (Å²) in [5, 5.41) is 5.04. The number of halogens is 1. The Balaban J connectivity index is 1.96. The van der Waals surface area contributed by atoms with Gasteiger partial charge in [0.2, 0.25) is 0 Å². The van der Waals surface area contributed by atoms with Crippen molar-refractivity contribution in [3.8, 4) is 11.5 Å². The van der Waals surface area contributed by atoms with Crippen molar-refractivity contribution >= 4 is 27.3 Å². The van der Waals surface area contributed by atoms with Crippen LogP contribution in [0.4, 0.5) is 0 Å². The Hall–Kier alpha value is -1.00. The van der Waals surface area contributed by atoms with E-state index in [9.17, 15) is 0 Å². The quantitative estimate of drug-likeness (QED) is 0.617. The highest BCUT2D eigenvalue weighted by Gasteiger charge is 2.06. The lowest BCUT2D eigenvalue weighted by Gasteiger charge is -2.12. The lowest BCUT2D eigenvalue weighted by Crippen LogP contribution is -2.03. The second kappa shape index (κ2) is 8.32. The van der Waals surface area contributed by atoms with Crippen LogP contribution in [-0.4, -0.2) is 13.2 Å². The molecule has 0 aliphatic rings. The molecule has 0 fully saturated rings. The monoisotopic (exact) mass is 354 g/mol. The largest absolute Gasteiger partial charge is 0.493 e. The fraction of sp³-hybridized carbons (Fsp3) is 0.375. The smallest absolute Gasteiger partial charge is 0.127 e. The van der Waals surface area contributed by atoms with Crippen molar-refractivity contribution in [1.82, 2.24) is 0 Å². The van der Waals surface area contributed by atoms with Crippen molar-refractivity contribution in [3.05, 3.63) is 46.2 Å². The van der Waals surface area contributed by atoms with Crippen molar-refractivity contribution in [3.63, 3.8) is 0 Å². The summed E-state index contributed by atoms with van der Waals surface area (Å²) in [4.78, 5) is 0. The van der Waals surface area contributed by atoms with E-state index in [0.29, 0.717) is 6.61 Å². The summed E-state index contributed by atoms with van der Waals surface area (Å²) in [5.41, 5.74) is 2.48. The molecule has 0 N–H and O–H groups in total. The maximum Gasteiger partial charge on any atom is 0.127 e. The molecule has 108 valence electrons. The number of thiophene rings is 1. The molecule has 0 amide bonds. The van der Waals surface area contributed by atoms with Gasteiger partial charge >= 0.3 is 0 Å². The molecule has 0 saturated heterocycles. The van der Waals surface area contributed by atoms with Crippen molar-refractivity contribution in [2.45, 2.75) is 25.1 Å². The highest BCUT2D eigenvalue weighted by Crippen LogP contribution is 2.27. The highest BCUT2D eigenvalue weighted by atomic mass is 79.9. The Labute approximate surface area is 132 Å². The van der Waals surface area contributed by atoms with Crippen molar-refractivity contribution in [2.75, 3.05) is 13.2 Å². The van der Waals surface area contributed by atoms with Crippen LogP contribution in [0.25, 0.3) is 0 Å². The third kappa shape index (κ3) is 4.53. The van der Waals surface area contributed by atoms with Gasteiger partial charge in [-0.25, -0.2) is 0 Å². The van der Waals surface area contributed by atoms with Crippen LogP contribution in [0.15, 0.2) is 35.0 Å². The summed E-state index contributed by atoms with van der Waals surface area (Å²) in [6, 6.07) is 8.18. The summed E-state index contributed by atoms with van der Waals surface area (Å²) in [6.45, 7) is 3.53. The van der Waals surface area contributed by atoms with Gasteiger partial charge in [0, 0.05) is 23.4 Å². The molecule has 2 nitrogen and oxygen atoms in total. The SMILES string of the molecule is CCCOc1ccc(CBr)c(OCCc2ccsc2)c1. The Bertz CT molecular complexity index is 511. The van der Waals surface area contributed by atoms with Crippen molar-refractivity contribution in [2.24, 2.45) is 0 Å². The van der Waals surface area contributed by atoms with Crippen LogP contribution in [0.2, 0.25) is 0 Å². The molecule has 0 radical (unpaired) electrons. The zero-order valence-electron chi connectivity index (χ0n) is 11.6. The molecule has 0 atom stereocenters. The fourth-order valence-corrected chi connectivity index (χ4v) is 2.97. The molecule has 0 bridgehead atoms. The molecule has 1 aromatic heterocycles. The van der Waals surface area contributed by atoms with E-state index >= 15 is 0 Å². The third-order valence-electron chi connectivity index (χ3n) is 2.88. The molecule has 4 heteroatoms. The lowest BCUT2D eigenvalue weighted by molar-refractivity contribution is 0.302. The van der Waals surface area contributed by atoms with Gasteiger partial charge in [-0.05, 0) is 34.9 Å². The van der Waals surface area contributed by atoms with Crippen LogP contribution < -0.4 is 9.47 Å². The Morgan fingerprint density at radius 1 is 1.15 bits per heavy atom. The van der Waals surface area contributed by atoms with E-state index in [1.165, 1.54) is 5.56 Å². The molecule has 0 aliphatic heterocycles. The predicted molar refractivity (Wildman–Crippen MR) is 88.4 cm³/mol. The number of rotatable bonds is 8. The van der Waals surface area contributed by atoms with E-state index in [0.717, 1.165) is 41.8 Å². The van der Waals surface area contributed by atoms with Crippen LogP contribution in [0.3, 0.4) is 0 Å². The lowest BCUT2D eigenvalue weighted by atomic mass is 10.2. The minimum Gasteiger partial charge on any atom is -0.493 e. The summed E-state index contributed by atoms with van der Waals surface area (Å²) in [7, 11) is 0. The van der Waals surface area contributed by atoms with Crippen LogP contribution in [0, 0.1) is 0 Å². The molecule has 2 aromatic rings. The standard InChI is InChI=1S/C16H19BrO2S/c1-2-7-18-15-4-3-14(11-17)16(10-15)19-8-5-13-6-9-20-12-13/h3-4,6,9-10,12H,2,5,7-8,11H2,1H3. The average Bonchev–Trinajstić information content (AvgIpc) is 2.98. The fourth-order valence-electron chi connectivity index (χ4n) is 1.80. The first-order valence-electron chi connectivity index (χ1n) is 6.79. The molecular formula is C16H19BrO2S. The maximum atomic E-state index is 5.92. The van der Waals surface area contributed by atoms with E-state index in [2.05, 4.69) is 45.7 Å². The van der Waals surface area contributed by atoms with Gasteiger partial charge in [-0.3, -0.25) is 0 Å². The number of benzene rings is 1. The van der Waals surface area contributed by atoms with Gasteiger partial charge in [-0.1, -0.05) is 28.9 Å². The molecular weight excluding hydrogens is 336 g/mol. The minimum atomic E-state index is 0.688. The summed E-state index contributed by atoms with van der Waals surface area (Å²) in [6.07, 6.45) is 1.94. The van der Waals surface area contributed by atoms with Gasteiger partial charge in [-0.2, -0.15) is 11.3 Å². The Morgan fingerprint density at radius 3 is 2.75 bits per heavy atom. The predicted octanol–water partition coefficient (Wildman–Crippen LogP) is 5.05. The number of ether oxygens (including phenoxy) is 2. The van der Waals surface area contributed by atoms with Crippen LogP contribution in [-0.2, 0) is 11.8 Å². The highest BCUT2D eigenvalue weighted by molar-refractivity contribution is 9.08. The van der Waals surface area contributed by atoms with Gasteiger partial charge in [0.25, 0.3) is 0 Å². The first-order valence-corrected chi connectivity index (χ1v) is 8.85. The van der Waals surface area contributed by atoms with Gasteiger partial charge in [0.05, 0.1) is 13.2 Å². The normalized spacial score (nSPS) is 10.5. The minimum absolute atomic E-state index is 0.688. The molecule has 1 heterocycles. The second-order valence-corrected chi connectivity index (χ2v) is 5.82. The van der Waals surface area contributed by atoms with Gasteiger partial charge in [0.15, 0.2) is 0 Å². The summed E-state index contributed by atoms with van der Waals surface area (Å²) < 4.78 is 11.6. The molecule has 1 aromatic carbocycles. The molecule has 2 rings (SSSR count). The van der Waals surface area contributed by atoms with Gasteiger partial charge < -0.3 is 9.47 Å². The van der Waals surface area contributed by atoms with E-state index < -0.39 is 0 Å². The van der Waals surface area contributed by atoms with Crippen molar-refractivity contribution in [1.29, 1.82) is 0 Å². The first-order chi connectivity index (χ1) is 9.83. The molecule has 0 saturated carbocycles.